The molecular formula is C17H20N4O2. The first-order valence-electron chi connectivity index (χ1n) is 8.01. The summed E-state index contributed by atoms with van der Waals surface area (Å²) in [5, 5.41) is 2.77. The summed E-state index contributed by atoms with van der Waals surface area (Å²) in [6.07, 6.45) is 7.95. The number of aromatic nitrogens is 3. The predicted molar refractivity (Wildman–Crippen MR) is 86.3 cm³/mol. The SMILES string of the molecule is O=C(NCCCCc1ccccn1)c1cnc(C2CC2)[nH]c1=O. The smallest absolute Gasteiger partial charge is 0.263 e. The van der Waals surface area contributed by atoms with E-state index < -0.39 is 0 Å². The van der Waals surface area contributed by atoms with E-state index in [4.69, 9.17) is 0 Å². The van der Waals surface area contributed by atoms with E-state index in [0.717, 1.165) is 37.8 Å². The quantitative estimate of drug-likeness (QED) is 0.763. The van der Waals surface area contributed by atoms with Gasteiger partial charge in [0, 0.05) is 30.6 Å². The summed E-state index contributed by atoms with van der Waals surface area (Å²) in [5.41, 5.74) is 0.780. The van der Waals surface area contributed by atoms with Gasteiger partial charge in [-0.2, -0.15) is 0 Å². The third-order valence-corrected chi connectivity index (χ3v) is 3.90. The Bertz CT molecular complexity index is 723. The van der Waals surface area contributed by atoms with Crippen molar-refractivity contribution in [2.75, 3.05) is 6.54 Å². The third-order valence-electron chi connectivity index (χ3n) is 3.90. The van der Waals surface area contributed by atoms with Gasteiger partial charge < -0.3 is 10.3 Å². The fraction of sp³-hybridized carbons (Fsp3) is 0.412. The fourth-order valence-corrected chi connectivity index (χ4v) is 2.41. The summed E-state index contributed by atoms with van der Waals surface area (Å²) < 4.78 is 0. The number of aromatic amines is 1. The second-order valence-electron chi connectivity index (χ2n) is 5.82. The second-order valence-corrected chi connectivity index (χ2v) is 5.82. The van der Waals surface area contributed by atoms with Crippen LogP contribution in [0.2, 0.25) is 0 Å². The maximum Gasteiger partial charge on any atom is 0.263 e. The Morgan fingerprint density at radius 2 is 2.13 bits per heavy atom. The number of hydrogen-bond donors (Lipinski definition) is 2. The van der Waals surface area contributed by atoms with E-state index in [2.05, 4.69) is 20.3 Å². The zero-order valence-electron chi connectivity index (χ0n) is 12.9. The molecule has 2 aromatic heterocycles. The van der Waals surface area contributed by atoms with Crippen molar-refractivity contribution in [2.24, 2.45) is 0 Å². The van der Waals surface area contributed by atoms with Crippen LogP contribution in [0.25, 0.3) is 0 Å². The molecule has 6 nitrogen and oxygen atoms in total. The van der Waals surface area contributed by atoms with Gasteiger partial charge in [-0.3, -0.25) is 14.6 Å². The number of carbonyl (C=O) groups excluding carboxylic acids is 1. The van der Waals surface area contributed by atoms with Crippen LogP contribution in [0.15, 0.2) is 35.4 Å². The zero-order chi connectivity index (χ0) is 16.1. The van der Waals surface area contributed by atoms with Crippen LogP contribution in [0.3, 0.4) is 0 Å². The zero-order valence-corrected chi connectivity index (χ0v) is 12.9. The van der Waals surface area contributed by atoms with Crippen molar-refractivity contribution in [2.45, 2.75) is 38.0 Å². The van der Waals surface area contributed by atoms with E-state index in [-0.39, 0.29) is 17.0 Å². The Kier molecular flexibility index (Phi) is 4.80. The number of pyridine rings is 1. The molecule has 6 heteroatoms. The van der Waals surface area contributed by atoms with Gasteiger partial charge in [0.2, 0.25) is 0 Å². The molecule has 1 fully saturated rings. The number of nitrogens with zero attached hydrogens (tertiary/aromatic N) is 2. The van der Waals surface area contributed by atoms with Crippen molar-refractivity contribution < 1.29 is 4.79 Å². The molecule has 1 aliphatic carbocycles. The third kappa shape index (κ3) is 4.25. The molecule has 3 rings (SSSR count). The van der Waals surface area contributed by atoms with Crippen LogP contribution in [0.1, 0.15) is 53.5 Å². The highest BCUT2D eigenvalue weighted by Crippen LogP contribution is 2.37. The number of unbranched alkanes of at least 4 members (excludes halogenated alkanes) is 1. The number of aryl methyl sites for hydroxylation is 1. The average Bonchev–Trinajstić information content (AvgIpc) is 3.40. The van der Waals surface area contributed by atoms with Crippen LogP contribution in [-0.2, 0) is 6.42 Å². The van der Waals surface area contributed by atoms with Crippen molar-refractivity contribution >= 4 is 5.91 Å². The van der Waals surface area contributed by atoms with Crippen LogP contribution in [0.5, 0.6) is 0 Å². The average molecular weight is 312 g/mol. The lowest BCUT2D eigenvalue weighted by atomic mass is 10.2. The lowest BCUT2D eigenvalue weighted by Crippen LogP contribution is -2.31. The monoisotopic (exact) mass is 312 g/mol. The lowest BCUT2D eigenvalue weighted by molar-refractivity contribution is 0.0951. The lowest BCUT2D eigenvalue weighted by Gasteiger charge is -2.05. The molecule has 2 N–H and O–H groups in total. The first-order chi connectivity index (χ1) is 11.2. The molecule has 0 aliphatic heterocycles. The fourth-order valence-electron chi connectivity index (χ4n) is 2.41. The van der Waals surface area contributed by atoms with E-state index in [1.54, 1.807) is 6.20 Å². The van der Waals surface area contributed by atoms with Crippen molar-refractivity contribution in [1.29, 1.82) is 0 Å². The van der Waals surface area contributed by atoms with Gasteiger partial charge in [-0.15, -0.1) is 0 Å². The topological polar surface area (TPSA) is 87.7 Å². The van der Waals surface area contributed by atoms with E-state index in [0.29, 0.717) is 18.3 Å². The minimum absolute atomic E-state index is 0.0825. The summed E-state index contributed by atoms with van der Waals surface area (Å²) in [6.45, 7) is 0.537. The molecule has 0 aromatic carbocycles. The van der Waals surface area contributed by atoms with Crippen molar-refractivity contribution in [3.63, 3.8) is 0 Å². The molecule has 0 bridgehead atoms. The van der Waals surface area contributed by atoms with Gasteiger partial charge >= 0.3 is 0 Å². The van der Waals surface area contributed by atoms with E-state index in [1.165, 1.54) is 6.20 Å². The molecule has 0 radical (unpaired) electrons. The maximum atomic E-state index is 12.0. The molecule has 0 saturated heterocycles. The molecule has 1 amide bonds. The highest BCUT2D eigenvalue weighted by Gasteiger charge is 2.26. The molecule has 2 aromatic rings. The van der Waals surface area contributed by atoms with Crippen LogP contribution in [0.4, 0.5) is 0 Å². The second kappa shape index (κ2) is 7.17. The summed E-state index contributed by atoms with van der Waals surface area (Å²) in [6, 6.07) is 5.85. The Hall–Kier alpha value is -2.50. The Balaban J connectivity index is 1.43. The highest BCUT2D eigenvalue weighted by atomic mass is 16.2. The normalized spacial score (nSPS) is 13.7. The van der Waals surface area contributed by atoms with Crippen LogP contribution in [0, 0.1) is 0 Å². The van der Waals surface area contributed by atoms with E-state index >= 15 is 0 Å². The summed E-state index contributed by atoms with van der Waals surface area (Å²) in [4.78, 5) is 35.1. The Morgan fingerprint density at radius 1 is 1.26 bits per heavy atom. The predicted octanol–water partition coefficient (Wildman–Crippen LogP) is 1.79. The van der Waals surface area contributed by atoms with Crippen molar-refractivity contribution in [1.82, 2.24) is 20.3 Å². The molecular weight excluding hydrogens is 292 g/mol. The molecule has 2 heterocycles. The number of amides is 1. The van der Waals surface area contributed by atoms with Crippen LogP contribution < -0.4 is 10.9 Å². The van der Waals surface area contributed by atoms with Gasteiger partial charge in [0.15, 0.2) is 0 Å². The molecule has 1 aliphatic rings. The van der Waals surface area contributed by atoms with Crippen LogP contribution in [-0.4, -0.2) is 27.4 Å². The van der Waals surface area contributed by atoms with Gasteiger partial charge in [0.05, 0.1) is 0 Å². The first kappa shape index (κ1) is 15.4. The largest absolute Gasteiger partial charge is 0.352 e. The minimum Gasteiger partial charge on any atom is -0.352 e. The van der Waals surface area contributed by atoms with Gasteiger partial charge in [-0.05, 0) is 44.2 Å². The summed E-state index contributed by atoms with van der Waals surface area (Å²) in [5.74, 6) is 0.701. The molecule has 0 spiro atoms. The standard InChI is InChI=1S/C17H20N4O2/c22-16(14-11-20-15(12-7-8-12)21-17(14)23)19-10-4-2-6-13-5-1-3-9-18-13/h1,3,5,9,11-12H,2,4,6-8,10H2,(H,19,22)(H,20,21,23). The summed E-state index contributed by atoms with van der Waals surface area (Å²) >= 11 is 0. The molecule has 0 unspecified atom stereocenters. The first-order valence-corrected chi connectivity index (χ1v) is 8.01. The number of rotatable bonds is 7. The van der Waals surface area contributed by atoms with Gasteiger partial charge in [-0.25, -0.2) is 4.98 Å². The molecule has 1 saturated carbocycles. The minimum atomic E-state index is -0.362. The van der Waals surface area contributed by atoms with Crippen LogP contribution >= 0.6 is 0 Å². The van der Waals surface area contributed by atoms with Crippen molar-refractivity contribution in [3.8, 4) is 0 Å². The highest BCUT2D eigenvalue weighted by molar-refractivity contribution is 5.93. The molecule has 0 atom stereocenters. The van der Waals surface area contributed by atoms with Crippen molar-refractivity contribution in [3.05, 3.63) is 58.0 Å². The number of H-pyrrole nitrogens is 1. The Morgan fingerprint density at radius 3 is 2.83 bits per heavy atom. The number of hydrogen-bond acceptors (Lipinski definition) is 4. The number of nitrogens with one attached hydrogen (secondary N) is 2. The van der Waals surface area contributed by atoms with E-state index in [1.807, 2.05) is 18.2 Å². The molecule has 120 valence electrons. The molecule has 23 heavy (non-hydrogen) atoms. The number of carbonyl (C=O) groups is 1. The van der Waals surface area contributed by atoms with E-state index in [9.17, 15) is 9.59 Å². The maximum absolute atomic E-state index is 12.0. The van der Waals surface area contributed by atoms with Gasteiger partial charge in [-0.1, -0.05) is 6.07 Å². The van der Waals surface area contributed by atoms with Gasteiger partial charge in [0.1, 0.15) is 11.4 Å². The Labute approximate surface area is 134 Å². The summed E-state index contributed by atoms with van der Waals surface area (Å²) in [7, 11) is 0. The van der Waals surface area contributed by atoms with Gasteiger partial charge in [0.25, 0.3) is 11.5 Å².